The zero-order chi connectivity index (χ0) is 34.8. The highest BCUT2D eigenvalue weighted by Crippen LogP contribution is 2.38. The molecular formula is C30H50F5NO7Si3. The number of nitrogens with zero attached hydrogens (tertiary/aromatic N) is 1. The molecule has 1 saturated heterocycles. The molecule has 1 amide bonds. The fourth-order valence-corrected chi connectivity index (χ4v) is 19.7. The molecule has 0 saturated carbocycles. The first-order chi connectivity index (χ1) is 21.3. The number of benzene rings is 1. The second-order valence-electron chi connectivity index (χ2n) is 13.3. The van der Waals surface area contributed by atoms with Gasteiger partial charge in [0, 0.05) is 25.9 Å². The second-order valence-corrected chi connectivity index (χ2v) is 25.9. The first kappa shape index (κ1) is 40.7. The Morgan fingerprint density at radius 1 is 1.15 bits per heavy atom. The van der Waals surface area contributed by atoms with Gasteiger partial charge < -0.3 is 28.0 Å². The summed E-state index contributed by atoms with van der Waals surface area (Å²) >= 11 is 0. The van der Waals surface area contributed by atoms with Crippen molar-refractivity contribution in [3.05, 3.63) is 36.4 Å². The molecule has 0 radical (unpaired) electrons. The van der Waals surface area contributed by atoms with Crippen LogP contribution in [0.25, 0.3) is 0 Å². The molecule has 4 atom stereocenters. The molecule has 8 nitrogen and oxygen atoms in total. The van der Waals surface area contributed by atoms with Crippen molar-refractivity contribution in [2.45, 2.75) is 94.7 Å². The van der Waals surface area contributed by atoms with Gasteiger partial charge in [-0.1, -0.05) is 55.0 Å². The highest BCUT2D eigenvalue weighted by atomic mass is 28.4. The number of ether oxygens (including phenoxy) is 2. The Hall–Kier alpha value is -1.51. The number of likely N-dealkylation sites (N-methyl/N-ethyl adjacent to an activating group) is 1. The van der Waals surface area contributed by atoms with Crippen LogP contribution in [-0.2, 0) is 27.8 Å². The van der Waals surface area contributed by atoms with Crippen LogP contribution >= 0.6 is 0 Å². The maximum Gasteiger partial charge on any atom is 0.461 e. The molecule has 4 unspecified atom stereocenters. The molecule has 1 aliphatic heterocycles. The average Bonchev–Trinajstić information content (AvgIpc) is 2.97. The third-order valence-corrected chi connectivity index (χ3v) is 20.6. The van der Waals surface area contributed by atoms with E-state index in [0.717, 1.165) is 61.2 Å². The number of alkyl halides is 4. The van der Waals surface area contributed by atoms with Gasteiger partial charge in [-0.15, -0.1) is 4.94 Å². The smallest absolute Gasteiger partial charge is 0.436 e. The van der Waals surface area contributed by atoms with Gasteiger partial charge in [-0.2, -0.15) is 17.6 Å². The van der Waals surface area contributed by atoms with Crippen molar-refractivity contribution >= 4 is 41.7 Å². The molecule has 1 aliphatic rings. The Kier molecular flexibility index (Phi) is 15.2. The summed E-state index contributed by atoms with van der Waals surface area (Å²) in [6.07, 6.45) is -3.94. The van der Waals surface area contributed by atoms with E-state index in [1.807, 2.05) is 13.0 Å². The number of carbonyl (C=O) groups is 1. The van der Waals surface area contributed by atoms with Gasteiger partial charge in [-0.3, -0.25) is 4.79 Å². The number of halogens is 5. The molecule has 0 aliphatic carbocycles. The molecular weight excluding hydrogens is 666 g/mol. The maximum absolute atomic E-state index is 14.3. The predicted molar refractivity (Wildman–Crippen MR) is 175 cm³/mol. The van der Waals surface area contributed by atoms with E-state index >= 15 is 0 Å². The van der Waals surface area contributed by atoms with Gasteiger partial charge >= 0.3 is 26.5 Å². The summed E-state index contributed by atoms with van der Waals surface area (Å²) in [5.74, 6) is -7.31. The lowest BCUT2D eigenvalue weighted by Crippen LogP contribution is -2.55. The Balaban J connectivity index is 2.04. The lowest BCUT2D eigenvalue weighted by atomic mass is 10.2. The normalized spacial score (nSPS) is 23.2. The molecule has 46 heavy (non-hydrogen) atoms. The minimum atomic E-state index is -5.90. The van der Waals surface area contributed by atoms with Gasteiger partial charge in [0.05, 0.1) is 27.9 Å². The molecule has 1 aromatic carbocycles. The highest BCUT2D eigenvalue weighted by Gasteiger charge is 2.66. The lowest BCUT2D eigenvalue weighted by Gasteiger charge is -2.41. The number of carbonyl (C=O) groups excluding carboxylic acids is 1. The number of hydrogen-bond acceptors (Lipinski definition) is 7. The van der Waals surface area contributed by atoms with Crippen LogP contribution in [0.4, 0.5) is 27.8 Å². The third-order valence-electron chi connectivity index (χ3n) is 8.20. The molecule has 2 rings (SSSR count). The average molecular weight is 716 g/mol. The standard InChI is InChI=1S/C30H50F5NO7Si3/c1-24(2)21-40-23-26(37)22-39-14-11-17-46(7)41-15-8-9-16-45(6,43-46)19-18-44(4,5)27-13-10-12-25(20-27)36(3)28(38)29(31,42-35)30(32,33)34/h10,12-13,20,26,37H,1,8-9,11,14-19,21-23H2,2-7H3. The van der Waals surface area contributed by atoms with Crippen molar-refractivity contribution in [2.75, 3.05) is 45.0 Å². The Morgan fingerprint density at radius 2 is 1.83 bits per heavy atom. The van der Waals surface area contributed by atoms with Crippen molar-refractivity contribution in [2.24, 2.45) is 0 Å². The van der Waals surface area contributed by atoms with Crippen molar-refractivity contribution < 1.29 is 54.9 Å². The van der Waals surface area contributed by atoms with Crippen molar-refractivity contribution in [1.29, 1.82) is 0 Å². The molecule has 1 N–H and O–H groups in total. The predicted octanol–water partition coefficient (Wildman–Crippen LogP) is 6.53. The van der Waals surface area contributed by atoms with Crippen LogP contribution in [0.15, 0.2) is 36.4 Å². The fourth-order valence-electron chi connectivity index (χ4n) is 5.31. The van der Waals surface area contributed by atoms with E-state index in [0.29, 0.717) is 24.7 Å². The third kappa shape index (κ3) is 11.9. The summed E-state index contributed by atoms with van der Waals surface area (Å²) < 4.78 is 90.6. The molecule has 0 spiro atoms. The molecule has 16 heteroatoms. The first-order valence-corrected chi connectivity index (χ1v) is 24.1. The summed E-state index contributed by atoms with van der Waals surface area (Å²) in [7, 11) is -6.06. The first-order valence-electron chi connectivity index (χ1n) is 15.5. The molecule has 1 fully saturated rings. The SMILES string of the molecule is C=C(C)COCC(O)COCCC[Si]1(C)OCCCC[Si](C)(CC[Si](C)(C)c2cccc(N(C)C(=O)C(F)(OF)C(F)(F)F)c2)O1. The van der Waals surface area contributed by atoms with E-state index < -0.39 is 49.0 Å². The monoisotopic (exact) mass is 715 g/mol. The van der Waals surface area contributed by atoms with Crippen LogP contribution in [0, 0.1) is 0 Å². The zero-order valence-electron chi connectivity index (χ0n) is 27.8. The number of rotatable bonds is 17. The second kappa shape index (κ2) is 17.2. The van der Waals surface area contributed by atoms with Crippen LogP contribution in [0.1, 0.15) is 26.2 Å². The van der Waals surface area contributed by atoms with E-state index in [4.69, 9.17) is 18.0 Å². The van der Waals surface area contributed by atoms with Gasteiger partial charge in [-0.25, -0.2) is 0 Å². The van der Waals surface area contributed by atoms with Crippen molar-refractivity contribution in [1.82, 2.24) is 0 Å². The van der Waals surface area contributed by atoms with Gasteiger partial charge in [0.2, 0.25) is 0 Å². The largest absolute Gasteiger partial charge is 0.461 e. The molecule has 1 heterocycles. The summed E-state index contributed by atoms with van der Waals surface area (Å²) in [4.78, 5) is 15.3. The van der Waals surface area contributed by atoms with Gasteiger partial charge in [-0.05, 0) is 67.7 Å². The van der Waals surface area contributed by atoms with Crippen molar-refractivity contribution in [3.63, 3.8) is 0 Å². The van der Waals surface area contributed by atoms with Gasteiger partial charge in [0.15, 0.2) is 8.32 Å². The Morgan fingerprint density at radius 3 is 2.46 bits per heavy atom. The minimum Gasteiger partial charge on any atom is -0.436 e. The summed E-state index contributed by atoms with van der Waals surface area (Å²) in [5, 5.41) is 10.9. The van der Waals surface area contributed by atoms with E-state index in [9.17, 15) is 32.0 Å². The Labute approximate surface area is 272 Å². The summed E-state index contributed by atoms with van der Waals surface area (Å²) in [5.41, 5.74) is 0.881. The maximum atomic E-state index is 14.3. The van der Waals surface area contributed by atoms with Crippen LogP contribution in [0.3, 0.4) is 0 Å². The molecule has 264 valence electrons. The summed E-state index contributed by atoms with van der Waals surface area (Å²) in [6, 6.07) is 9.76. The van der Waals surface area contributed by atoms with E-state index in [-0.39, 0.29) is 18.9 Å². The molecule has 1 aromatic rings. The number of hydrogen-bond donors (Lipinski definition) is 1. The highest BCUT2D eigenvalue weighted by molar-refractivity contribution is 6.92. The van der Waals surface area contributed by atoms with Gasteiger partial charge in [0.25, 0.3) is 0 Å². The van der Waals surface area contributed by atoms with E-state index in [2.05, 4.69) is 37.7 Å². The minimum absolute atomic E-state index is 0.000400. The van der Waals surface area contributed by atoms with Crippen LogP contribution in [0.5, 0.6) is 0 Å². The van der Waals surface area contributed by atoms with E-state index in [1.165, 1.54) is 6.07 Å². The zero-order valence-corrected chi connectivity index (χ0v) is 30.8. The quantitative estimate of drug-likeness (QED) is 0.0850. The molecule has 0 aromatic heterocycles. The van der Waals surface area contributed by atoms with Crippen molar-refractivity contribution in [3.8, 4) is 0 Å². The number of anilines is 1. The summed E-state index contributed by atoms with van der Waals surface area (Å²) in [6.45, 7) is 16.0. The van der Waals surface area contributed by atoms with Crippen LogP contribution < -0.4 is 10.1 Å². The number of aliphatic hydroxyl groups excluding tert-OH is 1. The Bertz CT molecular complexity index is 1150. The van der Waals surface area contributed by atoms with Crippen LogP contribution in [0.2, 0.25) is 50.4 Å². The topological polar surface area (TPSA) is 86.7 Å². The lowest BCUT2D eigenvalue weighted by molar-refractivity contribution is -0.380. The van der Waals surface area contributed by atoms with E-state index in [1.54, 1.807) is 12.1 Å². The fraction of sp³-hybridized carbons (Fsp3) is 0.700. The van der Waals surface area contributed by atoms with Gasteiger partial charge in [0.1, 0.15) is 6.10 Å². The molecule has 0 bridgehead atoms. The number of amides is 1. The number of aliphatic hydroxyl groups is 1. The van der Waals surface area contributed by atoms with Crippen LogP contribution in [-0.4, -0.2) is 94.2 Å².